The summed E-state index contributed by atoms with van der Waals surface area (Å²) in [6.07, 6.45) is 3.35. The topological polar surface area (TPSA) is 66.6 Å². The van der Waals surface area contributed by atoms with Crippen molar-refractivity contribution in [2.75, 3.05) is 13.1 Å². The molecule has 0 radical (unpaired) electrons. The second-order valence-corrected chi connectivity index (χ2v) is 4.43. The predicted molar refractivity (Wildman–Crippen MR) is 52.5 cm³/mol. The van der Waals surface area contributed by atoms with E-state index in [2.05, 4.69) is 0 Å². The van der Waals surface area contributed by atoms with Crippen LogP contribution in [-0.2, 0) is 4.79 Å². The summed E-state index contributed by atoms with van der Waals surface area (Å²) in [6.45, 7) is 1.20. The van der Waals surface area contributed by atoms with Crippen LogP contribution in [0.4, 0.5) is 0 Å². The lowest BCUT2D eigenvalue weighted by Crippen LogP contribution is -2.40. The summed E-state index contributed by atoms with van der Waals surface area (Å²) in [5, 5.41) is 9.33. The molecule has 1 saturated carbocycles. The molecule has 4 heteroatoms. The molecule has 1 aliphatic heterocycles. The van der Waals surface area contributed by atoms with Gasteiger partial charge in [0.15, 0.2) is 0 Å². The second kappa shape index (κ2) is 3.87. The van der Waals surface area contributed by atoms with E-state index in [0.717, 1.165) is 19.3 Å². The first kappa shape index (κ1) is 9.93. The van der Waals surface area contributed by atoms with Crippen molar-refractivity contribution >= 4 is 5.91 Å². The van der Waals surface area contributed by atoms with Crippen LogP contribution in [0.25, 0.3) is 0 Å². The van der Waals surface area contributed by atoms with E-state index in [1.54, 1.807) is 4.90 Å². The van der Waals surface area contributed by atoms with Crippen LogP contribution in [0.15, 0.2) is 0 Å². The van der Waals surface area contributed by atoms with Gasteiger partial charge >= 0.3 is 0 Å². The molecule has 2 unspecified atom stereocenters. The van der Waals surface area contributed by atoms with Gasteiger partial charge in [-0.2, -0.15) is 0 Å². The lowest BCUT2D eigenvalue weighted by molar-refractivity contribution is -0.135. The third-order valence-corrected chi connectivity index (χ3v) is 3.36. The quantitative estimate of drug-likeness (QED) is 0.608. The molecule has 0 aromatic heterocycles. The molecule has 2 aliphatic rings. The van der Waals surface area contributed by atoms with Gasteiger partial charge in [-0.05, 0) is 19.3 Å². The zero-order valence-corrected chi connectivity index (χ0v) is 8.35. The van der Waals surface area contributed by atoms with Gasteiger partial charge in [-0.25, -0.2) is 0 Å². The first-order valence-corrected chi connectivity index (χ1v) is 5.41. The Morgan fingerprint density at radius 3 is 2.64 bits per heavy atom. The van der Waals surface area contributed by atoms with E-state index in [1.165, 1.54) is 0 Å². The molecule has 0 spiro atoms. The van der Waals surface area contributed by atoms with Crippen molar-refractivity contribution in [3.8, 4) is 0 Å². The third-order valence-electron chi connectivity index (χ3n) is 3.36. The highest BCUT2D eigenvalue weighted by Crippen LogP contribution is 2.27. The van der Waals surface area contributed by atoms with Gasteiger partial charge in [0.1, 0.15) is 0 Å². The zero-order chi connectivity index (χ0) is 10.1. The van der Waals surface area contributed by atoms with Crippen LogP contribution in [0.5, 0.6) is 0 Å². The van der Waals surface area contributed by atoms with Gasteiger partial charge in [0, 0.05) is 19.1 Å². The van der Waals surface area contributed by atoms with Crippen molar-refractivity contribution in [1.29, 1.82) is 0 Å². The molecule has 80 valence electrons. The number of hydrogen-bond acceptors (Lipinski definition) is 3. The summed E-state index contributed by atoms with van der Waals surface area (Å²) in [6, 6.07) is 0.0419. The van der Waals surface area contributed by atoms with Gasteiger partial charge in [-0.1, -0.05) is 6.42 Å². The first-order chi connectivity index (χ1) is 6.68. The molecule has 3 N–H and O–H groups in total. The smallest absolute Gasteiger partial charge is 0.227 e. The Bertz CT molecular complexity index is 232. The molecule has 2 fully saturated rings. The molecule has 2 rings (SSSR count). The molecule has 1 amide bonds. The number of nitrogens with zero attached hydrogens (tertiary/aromatic N) is 1. The van der Waals surface area contributed by atoms with Crippen LogP contribution in [0.3, 0.4) is 0 Å². The van der Waals surface area contributed by atoms with Gasteiger partial charge < -0.3 is 15.7 Å². The van der Waals surface area contributed by atoms with Crippen LogP contribution in [-0.4, -0.2) is 41.1 Å². The molecule has 0 aromatic rings. The first-order valence-electron chi connectivity index (χ1n) is 5.41. The Morgan fingerprint density at radius 2 is 2.14 bits per heavy atom. The van der Waals surface area contributed by atoms with Crippen molar-refractivity contribution in [2.45, 2.75) is 37.8 Å². The predicted octanol–water partition coefficient (Wildman–Crippen LogP) is -0.293. The average molecular weight is 198 g/mol. The number of aliphatic hydroxyl groups is 1. The summed E-state index contributed by atoms with van der Waals surface area (Å²) in [5.74, 6) is 0.173. The maximum absolute atomic E-state index is 11.9. The Labute approximate surface area is 84.1 Å². The molecule has 0 bridgehead atoms. The van der Waals surface area contributed by atoms with E-state index in [1.807, 2.05) is 0 Å². The summed E-state index contributed by atoms with van der Waals surface area (Å²) < 4.78 is 0. The number of β-amino-alcohol motifs (C(OH)–C–C–N with tert-alkyl or cyclic N) is 1. The van der Waals surface area contributed by atoms with E-state index in [-0.39, 0.29) is 24.0 Å². The minimum atomic E-state index is -0.323. The highest BCUT2D eigenvalue weighted by molar-refractivity contribution is 5.80. The van der Waals surface area contributed by atoms with Gasteiger partial charge in [-0.3, -0.25) is 4.79 Å². The Hall–Kier alpha value is -0.610. The average Bonchev–Trinajstić information content (AvgIpc) is 2.73. The lowest BCUT2D eigenvalue weighted by Gasteiger charge is -2.22. The van der Waals surface area contributed by atoms with Gasteiger partial charge in [0.25, 0.3) is 0 Å². The number of amides is 1. The maximum Gasteiger partial charge on any atom is 0.227 e. The van der Waals surface area contributed by atoms with Gasteiger partial charge in [-0.15, -0.1) is 0 Å². The molecule has 3 atom stereocenters. The van der Waals surface area contributed by atoms with Crippen molar-refractivity contribution in [1.82, 2.24) is 4.90 Å². The number of nitrogens with two attached hydrogens (primary N) is 1. The fourth-order valence-electron chi connectivity index (χ4n) is 2.47. The fourth-order valence-corrected chi connectivity index (χ4v) is 2.47. The number of rotatable bonds is 1. The summed E-state index contributed by atoms with van der Waals surface area (Å²) in [4.78, 5) is 13.7. The molecular formula is C10H18N2O2. The van der Waals surface area contributed by atoms with Gasteiger partial charge in [0.2, 0.25) is 5.91 Å². The van der Waals surface area contributed by atoms with Crippen LogP contribution < -0.4 is 5.73 Å². The summed E-state index contributed by atoms with van der Waals surface area (Å²) >= 11 is 0. The summed E-state index contributed by atoms with van der Waals surface area (Å²) in [5.41, 5.74) is 5.87. The zero-order valence-electron chi connectivity index (χ0n) is 8.35. The third kappa shape index (κ3) is 1.77. The van der Waals surface area contributed by atoms with Crippen molar-refractivity contribution in [3.05, 3.63) is 0 Å². The van der Waals surface area contributed by atoms with Crippen molar-refractivity contribution in [3.63, 3.8) is 0 Å². The number of carbonyl (C=O) groups is 1. The molecule has 14 heavy (non-hydrogen) atoms. The van der Waals surface area contributed by atoms with Crippen molar-refractivity contribution in [2.24, 2.45) is 11.7 Å². The van der Waals surface area contributed by atoms with Crippen LogP contribution in [0.2, 0.25) is 0 Å². The molecular weight excluding hydrogens is 180 g/mol. The Balaban J connectivity index is 1.94. The minimum Gasteiger partial charge on any atom is -0.391 e. The molecule has 1 saturated heterocycles. The highest BCUT2D eigenvalue weighted by Gasteiger charge is 2.35. The van der Waals surface area contributed by atoms with Crippen LogP contribution in [0, 0.1) is 5.92 Å². The van der Waals surface area contributed by atoms with E-state index < -0.39 is 0 Å². The highest BCUT2D eigenvalue weighted by atomic mass is 16.3. The minimum absolute atomic E-state index is 0.0142. The lowest BCUT2D eigenvalue weighted by atomic mass is 10.0. The number of aliphatic hydroxyl groups excluding tert-OH is 1. The van der Waals surface area contributed by atoms with E-state index in [9.17, 15) is 9.90 Å². The molecule has 1 aliphatic carbocycles. The molecule has 0 aromatic carbocycles. The van der Waals surface area contributed by atoms with E-state index in [4.69, 9.17) is 5.73 Å². The van der Waals surface area contributed by atoms with Crippen LogP contribution >= 0.6 is 0 Å². The molecule has 4 nitrogen and oxygen atoms in total. The Kier molecular flexibility index (Phi) is 2.74. The largest absolute Gasteiger partial charge is 0.391 e. The number of likely N-dealkylation sites (tertiary alicyclic amines) is 1. The fraction of sp³-hybridized carbons (Fsp3) is 0.900. The normalized spacial score (nSPS) is 37.9. The monoisotopic (exact) mass is 198 g/mol. The standard InChI is InChI=1S/C10H18N2O2/c11-9-3-1-2-8(9)10(14)12-5-4-7(13)6-12/h7-9,13H,1-6,11H2/t7-,8?,9?/m0/s1. The van der Waals surface area contributed by atoms with Crippen LogP contribution in [0.1, 0.15) is 25.7 Å². The SMILES string of the molecule is NC1CCCC1C(=O)N1CC[C@H](O)C1. The maximum atomic E-state index is 11.9. The number of hydrogen-bond donors (Lipinski definition) is 2. The second-order valence-electron chi connectivity index (χ2n) is 4.43. The van der Waals surface area contributed by atoms with Crippen molar-refractivity contribution < 1.29 is 9.90 Å². The number of carbonyl (C=O) groups excluding carboxylic acids is 1. The summed E-state index contributed by atoms with van der Waals surface area (Å²) in [7, 11) is 0. The van der Waals surface area contributed by atoms with E-state index >= 15 is 0 Å². The Morgan fingerprint density at radius 1 is 1.36 bits per heavy atom. The molecule has 1 heterocycles. The van der Waals surface area contributed by atoms with Gasteiger partial charge in [0.05, 0.1) is 12.0 Å². The van der Waals surface area contributed by atoms with E-state index in [0.29, 0.717) is 19.5 Å².